The molecular weight excluding hydrogens is 296 g/mol. The number of aliphatic hydroxyl groups is 2. The van der Waals surface area contributed by atoms with Crippen LogP contribution in [0, 0.1) is 0 Å². The Labute approximate surface area is 135 Å². The quantitative estimate of drug-likeness (QED) is 0.829. The average molecular weight is 316 g/mol. The molecule has 0 aliphatic rings. The van der Waals surface area contributed by atoms with Crippen LogP contribution in [0.4, 0.5) is 0 Å². The Bertz CT molecular complexity index is 606. The van der Waals surface area contributed by atoms with Crippen molar-refractivity contribution < 1.29 is 24.5 Å². The highest BCUT2D eigenvalue weighted by atomic mass is 16.5. The van der Waals surface area contributed by atoms with Crippen molar-refractivity contribution in [1.82, 2.24) is 0 Å². The van der Waals surface area contributed by atoms with Gasteiger partial charge in [-0.1, -0.05) is 24.3 Å². The lowest BCUT2D eigenvalue weighted by Crippen LogP contribution is -2.00. The third-order valence-electron chi connectivity index (χ3n) is 2.85. The lowest BCUT2D eigenvalue weighted by Gasteiger charge is -2.11. The maximum Gasteiger partial charge on any atom is 0.163 e. The monoisotopic (exact) mass is 316 g/mol. The zero-order valence-electron chi connectivity index (χ0n) is 13.2. The number of carbonyl (C=O) groups is 2. The van der Waals surface area contributed by atoms with Crippen molar-refractivity contribution in [3.05, 3.63) is 59.7 Å². The largest absolute Gasteiger partial charge is 0.456 e. The molecule has 0 saturated heterocycles. The molecule has 0 fully saturated rings. The third-order valence-corrected chi connectivity index (χ3v) is 2.85. The molecule has 0 spiro atoms. The molecule has 122 valence electrons. The molecule has 23 heavy (non-hydrogen) atoms. The van der Waals surface area contributed by atoms with Crippen LogP contribution in [-0.2, 0) is 0 Å². The Morgan fingerprint density at radius 1 is 0.783 bits per heavy atom. The van der Waals surface area contributed by atoms with Crippen LogP contribution in [-0.4, -0.2) is 35.0 Å². The molecule has 0 radical (unpaired) electrons. The molecule has 0 aliphatic heterocycles. The highest BCUT2D eigenvalue weighted by molar-refractivity contribution is 5.98. The summed E-state index contributed by atoms with van der Waals surface area (Å²) in [4.78, 5) is 23.1. The molecule has 2 rings (SSSR count). The number of aliphatic hydroxyl groups excluding tert-OH is 2. The number of ketones is 2. The lowest BCUT2D eigenvalue weighted by atomic mass is 10.1. The van der Waals surface area contributed by atoms with E-state index in [-0.39, 0.29) is 24.8 Å². The predicted octanol–water partition coefficient (Wildman–Crippen LogP) is 2.86. The summed E-state index contributed by atoms with van der Waals surface area (Å²) in [5, 5.41) is 15.2. The molecule has 2 aromatic rings. The van der Waals surface area contributed by atoms with Gasteiger partial charge in [0, 0.05) is 0 Å². The van der Waals surface area contributed by atoms with E-state index >= 15 is 0 Å². The maximum absolute atomic E-state index is 11.5. The van der Waals surface area contributed by atoms with Gasteiger partial charge in [0.15, 0.2) is 11.6 Å². The smallest absolute Gasteiger partial charge is 0.163 e. The highest BCUT2D eigenvalue weighted by Gasteiger charge is 2.12. The Kier molecular flexibility index (Phi) is 7.66. The van der Waals surface area contributed by atoms with Crippen molar-refractivity contribution in [3.63, 3.8) is 0 Å². The molecule has 2 N–H and O–H groups in total. The standard InChI is InChI=1S/C16H14O3.C2H6O2/c1-11(17)13-7-3-5-9-15(13)19-16-10-6-4-8-14(16)12(2)18;3-1-2-4/h3-10H,1-2H3;3-4H,1-2H2. The second kappa shape index (κ2) is 9.50. The Morgan fingerprint density at radius 2 is 1.13 bits per heavy atom. The number of hydrogen-bond donors (Lipinski definition) is 2. The molecule has 0 aliphatic carbocycles. The molecule has 0 aromatic heterocycles. The highest BCUT2D eigenvalue weighted by Crippen LogP contribution is 2.28. The summed E-state index contributed by atoms with van der Waals surface area (Å²) in [6, 6.07) is 14.0. The second-order valence-corrected chi connectivity index (χ2v) is 4.65. The fourth-order valence-electron chi connectivity index (χ4n) is 1.81. The number of rotatable bonds is 5. The van der Waals surface area contributed by atoms with Gasteiger partial charge in [-0.2, -0.15) is 0 Å². The molecule has 5 nitrogen and oxygen atoms in total. The van der Waals surface area contributed by atoms with Gasteiger partial charge in [-0.05, 0) is 38.1 Å². The zero-order chi connectivity index (χ0) is 17.2. The van der Waals surface area contributed by atoms with E-state index in [0.717, 1.165) is 0 Å². The van der Waals surface area contributed by atoms with E-state index in [4.69, 9.17) is 14.9 Å². The minimum Gasteiger partial charge on any atom is -0.456 e. The average Bonchev–Trinajstić information content (AvgIpc) is 2.55. The number of Topliss-reactive ketones (excluding diaryl/α,β-unsaturated/α-hetero) is 2. The summed E-state index contributed by atoms with van der Waals surface area (Å²) in [6.45, 7) is 2.72. The molecule has 0 heterocycles. The van der Waals surface area contributed by atoms with Gasteiger partial charge in [0.05, 0.1) is 24.3 Å². The summed E-state index contributed by atoms with van der Waals surface area (Å²) < 4.78 is 5.72. The summed E-state index contributed by atoms with van der Waals surface area (Å²) in [6.07, 6.45) is 0. The maximum atomic E-state index is 11.5. The summed E-state index contributed by atoms with van der Waals surface area (Å²) in [5.41, 5.74) is 1.00. The van der Waals surface area contributed by atoms with E-state index in [1.54, 1.807) is 48.5 Å². The van der Waals surface area contributed by atoms with Crippen LogP contribution in [0.2, 0.25) is 0 Å². The van der Waals surface area contributed by atoms with Crippen LogP contribution in [0.1, 0.15) is 34.6 Å². The summed E-state index contributed by atoms with van der Waals surface area (Å²) in [5.74, 6) is 0.777. The third kappa shape index (κ3) is 5.65. The summed E-state index contributed by atoms with van der Waals surface area (Å²) >= 11 is 0. The van der Waals surface area contributed by atoms with Crippen LogP contribution in [0.25, 0.3) is 0 Å². The first-order valence-corrected chi connectivity index (χ1v) is 7.10. The fourth-order valence-corrected chi connectivity index (χ4v) is 1.81. The van der Waals surface area contributed by atoms with E-state index in [1.807, 2.05) is 0 Å². The van der Waals surface area contributed by atoms with Gasteiger partial charge in [0.2, 0.25) is 0 Å². The number of ether oxygens (including phenoxy) is 1. The van der Waals surface area contributed by atoms with Crippen molar-refractivity contribution in [1.29, 1.82) is 0 Å². The lowest BCUT2D eigenvalue weighted by molar-refractivity contribution is 0.101. The minimum absolute atomic E-state index is 0.0732. The van der Waals surface area contributed by atoms with Gasteiger partial charge in [-0.15, -0.1) is 0 Å². The van der Waals surface area contributed by atoms with E-state index < -0.39 is 0 Å². The molecule has 5 heteroatoms. The van der Waals surface area contributed by atoms with Gasteiger partial charge in [0.25, 0.3) is 0 Å². The first-order valence-electron chi connectivity index (χ1n) is 7.10. The predicted molar refractivity (Wildman–Crippen MR) is 87.1 cm³/mol. The van der Waals surface area contributed by atoms with Gasteiger partial charge in [-0.3, -0.25) is 9.59 Å². The topological polar surface area (TPSA) is 83.8 Å². The van der Waals surface area contributed by atoms with Crippen LogP contribution in [0.3, 0.4) is 0 Å². The molecule has 0 bridgehead atoms. The number of benzene rings is 2. The van der Waals surface area contributed by atoms with Crippen LogP contribution >= 0.6 is 0 Å². The Balaban J connectivity index is 0.000000593. The van der Waals surface area contributed by atoms with Gasteiger partial charge >= 0.3 is 0 Å². The Hall–Kier alpha value is -2.50. The Morgan fingerprint density at radius 3 is 1.43 bits per heavy atom. The molecular formula is C18H20O5. The number of carbonyl (C=O) groups excluding carboxylic acids is 2. The molecule has 0 amide bonds. The normalized spacial score (nSPS) is 9.57. The minimum atomic E-state index is -0.125. The van der Waals surface area contributed by atoms with Crippen molar-refractivity contribution >= 4 is 11.6 Å². The van der Waals surface area contributed by atoms with Crippen molar-refractivity contribution in [2.24, 2.45) is 0 Å². The van der Waals surface area contributed by atoms with E-state index in [1.165, 1.54) is 13.8 Å². The SMILES string of the molecule is CC(=O)c1ccccc1Oc1ccccc1C(C)=O.OCCO. The van der Waals surface area contributed by atoms with E-state index in [2.05, 4.69) is 0 Å². The van der Waals surface area contributed by atoms with Crippen LogP contribution in [0.15, 0.2) is 48.5 Å². The van der Waals surface area contributed by atoms with Gasteiger partial charge in [-0.25, -0.2) is 0 Å². The second-order valence-electron chi connectivity index (χ2n) is 4.65. The fraction of sp³-hybridized carbons (Fsp3) is 0.222. The van der Waals surface area contributed by atoms with Crippen molar-refractivity contribution in [2.45, 2.75) is 13.8 Å². The molecule has 0 unspecified atom stereocenters. The molecule has 0 atom stereocenters. The molecule has 2 aromatic carbocycles. The van der Waals surface area contributed by atoms with E-state index in [0.29, 0.717) is 22.6 Å². The first-order chi connectivity index (χ1) is 11.0. The first kappa shape index (κ1) is 18.5. The zero-order valence-corrected chi connectivity index (χ0v) is 13.2. The van der Waals surface area contributed by atoms with Gasteiger partial charge in [0.1, 0.15) is 11.5 Å². The van der Waals surface area contributed by atoms with E-state index in [9.17, 15) is 9.59 Å². The van der Waals surface area contributed by atoms with Gasteiger partial charge < -0.3 is 14.9 Å². The number of hydrogen-bond acceptors (Lipinski definition) is 5. The van der Waals surface area contributed by atoms with Crippen molar-refractivity contribution in [3.8, 4) is 11.5 Å². The van der Waals surface area contributed by atoms with Crippen LogP contribution < -0.4 is 4.74 Å². The van der Waals surface area contributed by atoms with Crippen LogP contribution in [0.5, 0.6) is 11.5 Å². The van der Waals surface area contributed by atoms with Crippen molar-refractivity contribution in [2.75, 3.05) is 13.2 Å². The summed E-state index contributed by atoms with van der Waals surface area (Å²) in [7, 11) is 0. The molecule has 0 saturated carbocycles. The number of para-hydroxylation sites is 2.